The van der Waals surface area contributed by atoms with Crippen molar-refractivity contribution in [3.63, 3.8) is 0 Å². The molecule has 2 nitrogen and oxygen atoms in total. The molecule has 0 aromatic heterocycles. The van der Waals surface area contributed by atoms with Gasteiger partial charge in [-0.25, -0.2) is 0 Å². The molecule has 9 heavy (non-hydrogen) atoms. The molecule has 0 fully saturated rings. The van der Waals surface area contributed by atoms with Gasteiger partial charge in [-0.05, 0) is 19.5 Å². The molecule has 0 aromatic rings. The van der Waals surface area contributed by atoms with Gasteiger partial charge in [0.2, 0.25) is 0 Å². The summed E-state index contributed by atoms with van der Waals surface area (Å²) in [7, 11) is 0. The predicted octanol–water partition coefficient (Wildman–Crippen LogP) is 0.847. The lowest BCUT2D eigenvalue weighted by molar-refractivity contribution is 0.618. The molecule has 2 heteroatoms. The van der Waals surface area contributed by atoms with Crippen LogP contribution in [0, 0.1) is 0 Å². The molecule has 0 saturated heterocycles. The van der Waals surface area contributed by atoms with Gasteiger partial charge in [-0.15, -0.1) is 0 Å². The summed E-state index contributed by atoms with van der Waals surface area (Å²) in [5.41, 5.74) is 5.23. The van der Waals surface area contributed by atoms with E-state index in [-0.39, 0.29) is 0 Å². The first-order valence-corrected chi connectivity index (χ1v) is 3.42. The van der Waals surface area contributed by atoms with Crippen LogP contribution in [0.2, 0.25) is 0 Å². The van der Waals surface area contributed by atoms with Gasteiger partial charge in [-0.3, -0.25) is 0 Å². The Morgan fingerprint density at radius 1 is 1.67 bits per heavy atom. The largest absolute Gasteiger partial charge is 0.389 e. The predicted molar refractivity (Wildman–Crippen MR) is 41.1 cm³/mol. The van der Waals surface area contributed by atoms with Gasteiger partial charge in [0.05, 0.1) is 0 Å². The maximum atomic E-state index is 5.23. The number of rotatable bonds is 4. The van der Waals surface area contributed by atoms with E-state index in [4.69, 9.17) is 5.73 Å². The first-order chi connectivity index (χ1) is 4.31. The van der Waals surface area contributed by atoms with Gasteiger partial charge >= 0.3 is 0 Å². The van der Waals surface area contributed by atoms with Crippen LogP contribution in [-0.2, 0) is 0 Å². The van der Waals surface area contributed by atoms with Gasteiger partial charge in [0.25, 0.3) is 0 Å². The second-order valence-electron chi connectivity index (χ2n) is 2.11. The van der Waals surface area contributed by atoms with Crippen LogP contribution in [0.15, 0.2) is 12.3 Å². The Hall–Kier alpha value is -0.500. The third-order valence-electron chi connectivity index (χ3n) is 1.25. The molecule has 0 heterocycles. The van der Waals surface area contributed by atoms with Crippen LogP contribution in [0.1, 0.15) is 20.3 Å². The summed E-state index contributed by atoms with van der Waals surface area (Å²) < 4.78 is 0. The Kier molecular flexibility index (Phi) is 5.32. The lowest BCUT2D eigenvalue weighted by atomic mass is 10.3. The van der Waals surface area contributed by atoms with Crippen LogP contribution < -0.4 is 11.1 Å². The van der Waals surface area contributed by atoms with Crippen molar-refractivity contribution in [2.45, 2.75) is 26.3 Å². The molecule has 1 unspecified atom stereocenters. The van der Waals surface area contributed by atoms with Crippen LogP contribution in [-0.4, -0.2) is 12.6 Å². The first kappa shape index (κ1) is 8.50. The lowest BCUT2D eigenvalue weighted by Crippen LogP contribution is -2.18. The summed E-state index contributed by atoms with van der Waals surface area (Å²) in [6.45, 7) is 4.90. The van der Waals surface area contributed by atoms with Gasteiger partial charge in [0, 0.05) is 12.6 Å². The summed E-state index contributed by atoms with van der Waals surface area (Å²) in [6, 6.07) is 0.563. The van der Waals surface area contributed by atoms with E-state index in [0.717, 1.165) is 6.42 Å². The third kappa shape index (κ3) is 5.37. The number of nitrogens with two attached hydrogens (primary N) is 1. The molecule has 54 valence electrons. The molecule has 3 N–H and O–H groups in total. The highest BCUT2D eigenvalue weighted by Gasteiger charge is 1.89. The fraction of sp³-hybridized carbons (Fsp3) is 0.714. The molecule has 0 aliphatic rings. The Labute approximate surface area is 57.1 Å². The minimum atomic E-state index is 0.563. The maximum absolute atomic E-state index is 5.23. The van der Waals surface area contributed by atoms with E-state index in [9.17, 15) is 0 Å². The molecule has 0 bridgehead atoms. The van der Waals surface area contributed by atoms with Crippen molar-refractivity contribution in [3.05, 3.63) is 12.3 Å². The molecule has 0 amide bonds. The van der Waals surface area contributed by atoms with Gasteiger partial charge in [0.1, 0.15) is 0 Å². The van der Waals surface area contributed by atoms with Gasteiger partial charge in [-0.1, -0.05) is 13.0 Å². The standard InChI is InChI=1S/C7H16N2/c1-3-7(2)9-6-4-5-8/h4,6-7,9H,3,5,8H2,1-2H3/b6-4-. The highest BCUT2D eigenvalue weighted by molar-refractivity contribution is 4.81. The quantitative estimate of drug-likeness (QED) is 0.589. The smallest absolute Gasteiger partial charge is 0.0224 e. The molecule has 0 aromatic carbocycles. The molecule has 1 atom stereocenters. The summed E-state index contributed by atoms with van der Waals surface area (Å²) in [6.07, 6.45) is 4.97. The van der Waals surface area contributed by atoms with Gasteiger partial charge in [0.15, 0.2) is 0 Å². The Bertz CT molecular complexity index is 79.0. The van der Waals surface area contributed by atoms with Crippen LogP contribution in [0.4, 0.5) is 0 Å². The van der Waals surface area contributed by atoms with Crippen molar-refractivity contribution in [3.8, 4) is 0 Å². The van der Waals surface area contributed by atoms with Crippen molar-refractivity contribution in [2.24, 2.45) is 5.73 Å². The lowest BCUT2D eigenvalue weighted by Gasteiger charge is -2.06. The summed E-state index contributed by atoms with van der Waals surface area (Å²) in [5, 5.41) is 3.17. The Morgan fingerprint density at radius 2 is 2.33 bits per heavy atom. The zero-order chi connectivity index (χ0) is 7.11. The van der Waals surface area contributed by atoms with Crippen molar-refractivity contribution in [1.82, 2.24) is 5.32 Å². The minimum Gasteiger partial charge on any atom is -0.389 e. The van der Waals surface area contributed by atoms with Crippen LogP contribution in [0.3, 0.4) is 0 Å². The van der Waals surface area contributed by atoms with Gasteiger partial charge < -0.3 is 11.1 Å². The van der Waals surface area contributed by atoms with E-state index >= 15 is 0 Å². The van der Waals surface area contributed by atoms with Crippen molar-refractivity contribution in [2.75, 3.05) is 6.54 Å². The van der Waals surface area contributed by atoms with E-state index in [1.165, 1.54) is 0 Å². The van der Waals surface area contributed by atoms with Gasteiger partial charge in [-0.2, -0.15) is 0 Å². The second kappa shape index (κ2) is 5.63. The number of hydrogen-bond acceptors (Lipinski definition) is 2. The monoisotopic (exact) mass is 128 g/mol. The first-order valence-electron chi connectivity index (χ1n) is 3.42. The van der Waals surface area contributed by atoms with E-state index in [1.54, 1.807) is 0 Å². The minimum absolute atomic E-state index is 0.563. The van der Waals surface area contributed by atoms with Crippen LogP contribution >= 0.6 is 0 Å². The molecule has 0 radical (unpaired) electrons. The molecule has 0 aliphatic heterocycles. The summed E-state index contributed by atoms with van der Waals surface area (Å²) in [5.74, 6) is 0. The van der Waals surface area contributed by atoms with E-state index < -0.39 is 0 Å². The van der Waals surface area contributed by atoms with E-state index in [0.29, 0.717) is 12.6 Å². The second-order valence-corrected chi connectivity index (χ2v) is 2.11. The van der Waals surface area contributed by atoms with Crippen LogP contribution in [0.25, 0.3) is 0 Å². The zero-order valence-corrected chi connectivity index (χ0v) is 6.22. The van der Waals surface area contributed by atoms with Crippen molar-refractivity contribution in [1.29, 1.82) is 0 Å². The van der Waals surface area contributed by atoms with E-state index in [2.05, 4.69) is 19.2 Å². The molecule has 0 rings (SSSR count). The topological polar surface area (TPSA) is 38.0 Å². The molecule has 0 spiro atoms. The van der Waals surface area contributed by atoms with Crippen molar-refractivity contribution < 1.29 is 0 Å². The zero-order valence-electron chi connectivity index (χ0n) is 6.22. The fourth-order valence-corrected chi connectivity index (χ4v) is 0.418. The van der Waals surface area contributed by atoms with Crippen molar-refractivity contribution >= 4 is 0 Å². The maximum Gasteiger partial charge on any atom is 0.0224 e. The third-order valence-corrected chi connectivity index (χ3v) is 1.25. The summed E-state index contributed by atoms with van der Waals surface area (Å²) >= 11 is 0. The molecule has 0 saturated carbocycles. The highest BCUT2D eigenvalue weighted by atomic mass is 14.9. The Morgan fingerprint density at radius 3 is 2.78 bits per heavy atom. The van der Waals surface area contributed by atoms with E-state index in [1.807, 2.05) is 12.3 Å². The number of nitrogens with one attached hydrogen (secondary N) is 1. The SMILES string of the molecule is CCC(C)N/C=C\CN. The fourth-order valence-electron chi connectivity index (χ4n) is 0.418. The van der Waals surface area contributed by atoms with Crippen LogP contribution in [0.5, 0.6) is 0 Å². The normalized spacial score (nSPS) is 14.1. The molecule has 0 aliphatic carbocycles. The number of hydrogen-bond donors (Lipinski definition) is 2. The average Bonchev–Trinajstić information content (AvgIpc) is 1.89. The summed E-state index contributed by atoms with van der Waals surface area (Å²) in [4.78, 5) is 0. The highest BCUT2D eigenvalue weighted by Crippen LogP contribution is 1.85. The molecular weight excluding hydrogens is 112 g/mol. The molecular formula is C7H16N2. The average molecular weight is 128 g/mol. The Balaban J connectivity index is 3.15.